The van der Waals surface area contributed by atoms with Crippen LogP contribution in [0.1, 0.15) is 21.5 Å². The van der Waals surface area contributed by atoms with Crippen LogP contribution in [0.2, 0.25) is 0 Å². The smallest absolute Gasteiger partial charge is 0.337 e. The monoisotopic (exact) mass is 385 g/mol. The molecule has 7 heteroatoms. The Balaban J connectivity index is 1.60. The molecule has 0 radical (unpaired) electrons. The molecule has 28 heavy (non-hydrogen) atoms. The third kappa shape index (κ3) is 4.43. The van der Waals surface area contributed by atoms with Crippen LogP contribution in [0.15, 0.2) is 36.4 Å². The maximum atomic E-state index is 12.4. The molecule has 0 fully saturated rings. The van der Waals surface area contributed by atoms with Gasteiger partial charge in [0.1, 0.15) is 6.54 Å². The fraction of sp³-hybridized carbons (Fsp3) is 0.333. The van der Waals surface area contributed by atoms with Crippen molar-refractivity contribution in [1.82, 2.24) is 0 Å². The Hall–Kier alpha value is -3.06. The standard InChI is InChI=1S/C21H24N2O5/c1-26-18-10-15-8-9-23(12-16(15)11-19(18)27-2)13-20(24)22-17-6-4-14(5-7-17)21(25)28-3/h4-7,10-11H,8-9,12-13H2,1-3H3,(H,22,24)/p+1. The second-order valence-corrected chi connectivity index (χ2v) is 6.70. The average Bonchev–Trinajstić information content (AvgIpc) is 2.72. The van der Waals surface area contributed by atoms with Crippen molar-refractivity contribution in [1.29, 1.82) is 0 Å². The van der Waals surface area contributed by atoms with Gasteiger partial charge in [0.2, 0.25) is 0 Å². The highest BCUT2D eigenvalue weighted by molar-refractivity contribution is 5.93. The summed E-state index contributed by atoms with van der Waals surface area (Å²) < 4.78 is 15.4. The largest absolute Gasteiger partial charge is 0.493 e. The van der Waals surface area contributed by atoms with Gasteiger partial charge in [-0.1, -0.05) is 0 Å². The molecule has 0 bridgehead atoms. The Labute approximate surface area is 164 Å². The average molecular weight is 385 g/mol. The normalized spacial score (nSPS) is 15.3. The van der Waals surface area contributed by atoms with E-state index in [0.29, 0.717) is 23.5 Å². The number of anilines is 1. The Kier molecular flexibility index (Phi) is 6.16. The molecule has 1 atom stereocenters. The number of quaternary nitrogens is 1. The Morgan fingerprint density at radius 1 is 1.00 bits per heavy atom. The van der Waals surface area contributed by atoms with Gasteiger partial charge in [-0.2, -0.15) is 0 Å². The molecule has 1 aliphatic rings. The number of hydrogen-bond donors (Lipinski definition) is 2. The summed E-state index contributed by atoms with van der Waals surface area (Å²) in [5, 5.41) is 2.88. The van der Waals surface area contributed by atoms with E-state index in [2.05, 4.69) is 10.1 Å². The van der Waals surface area contributed by atoms with Crippen molar-refractivity contribution < 1.29 is 28.7 Å². The fourth-order valence-corrected chi connectivity index (χ4v) is 3.42. The predicted molar refractivity (Wildman–Crippen MR) is 104 cm³/mol. The van der Waals surface area contributed by atoms with Gasteiger partial charge in [0, 0.05) is 17.7 Å². The fourth-order valence-electron chi connectivity index (χ4n) is 3.42. The third-order valence-electron chi connectivity index (χ3n) is 4.89. The molecule has 2 aromatic carbocycles. The van der Waals surface area contributed by atoms with E-state index in [9.17, 15) is 9.59 Å². The van der Waals surface area contributed by atoms with Gasteiger partial charge in [0.05, 0.1) is 33.4 Å². The number of amides is 1. The first kappa shape index (κ1) is 19.7. The van der Waals surface area contributed by atoms with Crippen molar-refractivity contribution in [2.24, 2.45) is 0 Å². The molecule has 0 spiro atoms. The summed E-state index contributed by atoms with van der Waals surface area (Å²) in [4.78, 5) is 25.1. The van der Waals surface area contributed by atoms with Gasteiger partial charge < -0.3 is 24.4 Å². The Bertz CT molecular complexity index is 864. The van der Waals surface area contributed by atoms with Crippen molar-refractivity contribution in [2.75, 3.05) is 39.7 Å². The summed E-state index contributed by atoms with van der Waals surface area (Å²) in [5.74, 6) is 0.974. The number of methoxy groups -OCH3 is 3. The first-order chi connectivity index (χ1) is 13.5. The van der Waals surface area contributed by atoms with E-state index in [4.69, 9.17) is 9.47 Å². The van der Waals surface area contributed by atoms with E-state index < -0.39 is 5.97 Å². The van der Waals surface area contributed by atoms with Crippen LogP contribution in [0, 0.1) is 0 Å². The first-order valence-electron chi connectivity index (χ1n) is 9.09. The molecule has 3 rings (SSSR count). The van der Waals surface area contributed by atoms with E-state index in [1.54, 1.807) is 38.5 Å². The van der Waals surface area contributed by atoms with Gasteiger partial charge in [-0.25, -0.2) is 4.79 Å². The number of fused-ring (bicyclic) bond motifs is 1. The Morgan fingerprint density at radius 2 is 1.64 bits per heavy atom. The van der Waals surface area contributed by atoms with Crippen molar-refractivity contribution >= 4 is 17.6 Å². The number of hydrogen-bond acceptors (Lipinski definition) is 5. The second-order valence-electron chi connectivity index (χ2n) is 6.70. The summed E-state index contributed by atoms with van der Waals surface area (Å²) in [6.45, 7) is 1.99. The molecule has 1 amide bonds. The van der Waals surface area contributed by atoms with Gasteiger partial charge in [-0.3, -0.25) is 4.79 Å². The summed E-state index contributed by atoms with van der Waals surface area (Å²) in [6.07, 6.45) is 0.881. The van der Waals surface area contributed by atoms with Crippen LogP contribution in [0.3, 0.4) is 0 Å². The van der Waals surface area contributed by atoms with Crippen LogP contribution in [-0.2, 0) is 22.5 Å². The van der Waals surface area contributed by atoms with Gasteiger partial charge in [-0.05, 0) is 42.0 Å². The first-order valence-corrected chi connectivity index (χ1v) is 9.09. The maximum Gasteiger partial charge on any atom is 0.337 e. The van der Waals surface area contributed by atoms with Crippen LogP contribution >= 0.6 is 0 Å². The lowest BCUT2D eigenvalue weighted by Gasteiger charge is -2.26. The van der Waals surface area contributed by atoms with Crippen LogP contribution in [0.5, 0.6) is 11.5 Å². The highest BCUT2D eigenvalue weighted by Gasteiger charge is 2.24. The molecule has 2 N–H and O–H groups in total. The lowest BCUT2D eigenvalue weighted by atomic mass is 9.99. The third-order valence-corrected chi connectivity index (χ3v) is 4.89. The minimum absolute atomic E-state index is 0.0651. The van der Waals surface area contributed by atoms with Crippen molar-refractivity contribution in [2.45, 2.75) is 13.0 Å². The highest BCUT2D eigenvalue weighted by atomic mass is 16.5. The predicted octanol–water partition coefficient (Wildman–Crippen LogP) is 1.07. The SMILES string of the molecule is COC(=O)c1ccc(NC(=O)C[NH+]2CCc3cc(OC)c(OC)cc3C2)cc1. The van der Waals surface area contributed by atoms with E-state index >= 15 is 0 Å². The number of benzene rings is 2. The van der Waals surface area contributed by atoms with Crippen molar-refractivity contribution in [3.05, 3.63) is 53.1 Å². The van der Waals surface area contributed by atoms with Crippen LogP contribution in [0.25, 0.3) is 0 Å². The van der Waals surface area contributed by atoms with Crippen molar-refractivity contribution in [3.63, 3.8) is 0 Å². The number of nitrogens with one attached hydrogen (secondary N) is 2. The van der Waals surface area contributed by atoms with Gasteiger partial charge in [-0.15, -0.1) is 0 Å². The molecule has 2 aromatic rings. The Morgan fingerprint density at radius 3 is 2.25 bits per heavy atom. The van der Waals surface area contributed by atoms with Crippen LogP contribution < -0.4 is 19.7 Å². The number of ether oxygens (including phenoxy) is 3. The summed E-state index contributed by atoms with van der Waals surface area (Å²) in [7, 11) is 4.59. The highest BCUT2D eigenvalue weighted by Crippen LogP contribution is 2.31. The summed E-state index contributed by atoms with van der Waals surface area (Å²) in [5.41, 5.74) is 3.51. The molecule has 0 saturated carbocycles. The minimum Gasteiger partial charge on any atom is -0.493 e. The zero-order chi connectivity index (χ0) is 20.1. The second kappa shape index (κ2) is 8.75. The number of carbonyl (C=O) groups is 2. The zero-order valence-corrected chi connectivity index (χ0v) is 16.3. The van der Waals surface area contributed by atoms with E-state index in [1.807, 2.05) is 12.1 Å². The number of rotatable bonds is 6. The van der Waals surface area contributed by atoms with Gasteiger partial charge in [0.25, 0.3) is 5.91 Å². The molecular formula is C21H25N2O5+. The number of esters is 1. The topological polar surface area (TPSA) is 78.3 Å². The molecule has 0 saturated heterocycles. The van der Waals surface area contributed by atoms with Crippen LogP contribution in [-0.4, -0.2) is 46.3 Å². The number of carbonyl (C=O) groups excluding carboxylic acids is 2. The van der Waals surface area contributed by atoms with E-state index in [1.165, 1.54) is 23.1 Å². The lowest BCUT2D eigenvalue weighted by Crippen LogP contribution is -3.12. The quantitative estimate of drug-likeness (QED) is 0.728. The molecule has 1 heterocycles. The minimum atomic E-state index is -0.402. The molecule has 0 aromatic heterocycles. The van der Waals surface area contributed by atoms with Crippen molar-refractivity contribution in [3.8, 4) is 11.5 Å². The zero-order valence-electron chi connectivity index (χ0n) is 16.3. The molecule has 1 unspecified atom stereocenters. The maximum absolute atomic E-state index is 12.4. The van der Waals surface area contributed by atoms with Gasteiger partial charge in [0.15, 0.2) is 18.0 Å². The molecule has 1 aliphatic heterocycles. The molecule has 0 aliphatic carbocycles. The summed E-state index contributed by atoms with van der Waals surface area (Å²) in [6, 6.07) is 10.7. The van der Waals surface area contributed by atoms with E-state index in [0.717, 1.165) is 25.3 Å². The van der Waals surface area contributed by atoms with Gasteiger partial charge >= 0.3 is 5.97 Å². The molecular weight excluding hydrogens is 360 g/mol. The summed E-state index contributed by atoms with van der Waals surface area (Å²) >= 11 is 0. The van der Waals surface area contributed by atoms with E-state index in [-0.39, 0.29) is 5.91 Å². The molecule has 7 nitrogen and oxygen atoms in total. The van der Waals surface area contributed by atoms with Crippen LogP contribution in [0.4, 0.5) is 5.69 Å². The lowest BCUT2D eigenvalue weighted by molar-refractivity contribution is -0.907. The molecule has 148 valence electrons.